The molecule has 0 N–H and O–H groups in total. The van der Waals surface area contributed by atoms with Crippen molar-refractivity contribution in [1.82, 2.24) is 0 Å². The van der Waals surface area contributed by atoms with E-state index in [9.17, 15) is 4.79 Å². The molecule has 7 atom stereocenters. The number of rotatable bonds is 9. The Morgan fingerprint density at radius 1 is 1.09 bits per heavy atom. The van der Waals surface area contributed by atoms with Gasteiger partial charge in [0, 0.05) is 6.42 Å². The van der Waals surface area contributed by atoms with Crippen LogP contribution in [-0.4, -0.2) is 18.5 Å². The van der Waals surface area contributed by atoms with E-state index >= 15 is 0 Å². The van der Waals surface area contributed by atoms with Gasteiger partial charge in [-0.05, 0) is 98.2 Å². The average Bonchev–Trinajstić information content (AvgIpc) is 3.11. The lowest BCUT2D eigenvalue weighted by Gasteiger charge is -2.58. The van der Waals surface area contributed by atoms with E-state index in [2.05, 4.69) is 33.8 Å². The molecule has 0 saturated heterocycles. The maximum atomic E-state index is 11.7. The first-order chi connectivity index (χ1) is 15.3. The summed E-state index contributed by atoms with van der Waals surface area (Å²) in [6, 6.07) is 0. The third-order valence-electron chi connectivity index (χ3n) is 10.7. The molecule has 0 bridgehead atoms. The molecule has 182 valence electrons. The van der Waals surface area contributed by atoms with Crippen molar-refractivity contribution in [3.8, 4) is 0 Å². The summed E-state index contributed by atoms with van der Waals surface area (Å²) in [4.78, 5) is 11.7. The molecule has 4 rings (SSSR count). The highest BCUT2D eigenvalue weighted by atomic mass is 16.5. The Kier molecular flexibility index (Phi) is 7.60. The summed E-state index contributed by atoms with van der Waals surface area (Å²) in [6.07, 6.45) is 19.9. The average molecular weight is 443 g/mol. The van der Waals surface area contributed by atoms with Crippen molar-refractivity contribution in [3.05, 3.63) is 11.6 Å². The molecule has 2 nitrogen and oxygen atoms in total. The summed E-state index contributed by atoms with van der Waals surface area (Å²) in [7, 11) is 0. The van der Waals surface area contributed by atoms with E-state index in [1.165, 1.54) is 64.2 Å². The minimum absolute atomic E-state index is 0.239. The van der Waals surface area contributed by atoms with Gasteiger partial charge in [0.25, 0.3) is 0 Å². The zero-order valence-corrected chi connectivity index (χ0v) is 21.8. The molecule has 4 aliphatic carbocycles. The number of unbranched alkanes of at least 4 members (excludes halogenated alkanes) is 1. The van der Waals surface area contributed by atoms with Gasteiger partial charge in [0.1, 0.15) is 6.61 Å². The summed E-state index contributed by atoms with van der Waals surface area (Å²) in [6.45, 7) is 12.3. The van der Waals surface area contributed by atoms with Gasteiger partial charge in [-0.2, -0.15) is 0 Å². The zero-order valence-electron chi connectivity index (χ0n) is 21.8. The van der Waals surface area contributed by atoms with E-state index in [-0.39, 0.29) is 11.9 Å². The van der Waals surface area contributed by atoms with Gasteiger partial charge in [-0.1, -0.05) is 65.5 Å². The lowest BCUT2D eigenvalue weighted by atomic mass is 9.47. The van der Waals surface area contributed by atoms with Crippen LogP contribution in [0.3, 0.4) is 0 Å². The van der Waals surface area contributed by atoms with Gasteiger partial charge in [0.2, 0.25) is 0 Å². The van der Waals surface area contributed by atoms with Crippen LogP contribution < -0.4 is 0 Å². The van der Waals surface area contributed by atoms with Crippen molar-refractivity contribution < 1.29 is 9.53 Å². The van der Waals surface area contributed by atoms with Gasteiger partial charge in [-0.15, -0.1) is 0 Å². The van der Waals surface area contributed by atoms with Crippen LogP contribution in [-0.2, 0) is 9.53 Å². The first-order valence-corrected chi connectivity index (χ1v) is 14.1. The molecule has 3 fully saturated rings. The maximum absolute atomic E-state index is 11.7. The van der Waals surface area contributed by atoms with E-state index < -0.39 is 0 Å². The van der Waals surface area contributed by atoms with Gasteiger partial charge in [0.05, 0.1) is 6.10 Å². The summed E-state index contributed by atoms with van der Waals surface area (Å²) < 4.78 is 6.04. The third-order valence-corrected chi connectivity index (χ3v) is 10.7. The smallest absolute Gasteiger partial charge is 0.158 e. The number of hydrogen-bond donors (Lipinski definition) is 0. The highest BCUT2D eigenvalue weighted by Gasteiger charge is 2.58. The number of allylic oxidation sites excluding steroid dienone is 1. The van der Waals surface area contributed by atoms with Crippen molar-refractivity contribution in [3.63, 3.8) is 0 Å². The minimum atomic E-state index is 0.239. The predicted octanol–water partition coefficient (Wildman–Crippen LogP) is 8.15. The van der Waals surface area contributed by atoms with Crippen LogP contribution >= 0.6 is 0 Å². The summed E-state index contributed by atoms with van der Waals surface area (Å²) in [5.74, 6) is 4.79. The van der Waals surface area contributed by atoms with Crippen LogP contribution in [0.1, 0.15) is 118 Å². The van der Waals surface area contributed by atoms with Crippen molar-refractivity contribution >= 4 is 5.78 Å². The molecule has 0 aromatic carbocycles. The molecule has 0 aliphatic heterocycles. The Balaban J connectivity index is 1.40. The fraction of sp³-hybridized carbons (Fsp3) is 0.900. The SMILES string of the molecule is CCC(=O)COC1CCC2(C)C(=CCC3C2CCC2(C)C(CCCCC(C)C)CCC32)C1. The van der Waals surface area contributed by atoms with Gasteiger partial charge in [0.15, 0.2) is 5.78 Å². The quantitative estimate of drug-likeness (QED) is 0.266. The molecule has 3 saturated carbocycles. The summed E-state index contributed by atoms with van der Waals surface area (Å²) in [5, 5.41) is 0. The molecule has 2 heteroatoms. The standard InChI is InChI=1S/C30H50O2/c1-6-24(31)20-32-25-15-17-30(5)23(19-25)11-13-26-27-14-12-22(10-8-7-9-21(2)3)29(27,4)18-16-28(26)30/h11,21-22,25-28H,6-10,12-20H2,1-5H3. The number of carbonyl (C=O) groups excluding carboxylic acids is 1. The van der Waals surface area contributed by atoms with Crippen molar-refractivity contribution in [2.24, 2.45) is 40.4 Å². The van der Waals surface area contributed by atoms with Crippen molar-refractivity contribution in [1.29, 1.82) is 0 Å². The fourth-order valence-corrected chi connectivity index (χ4v) is 8.61. The molecule has 4 aliphatic rings. The van der Waals surface area contributed by atoms with E-state index in [0.29, 0.717) is 23.9 Å². The summed E-state index contributed by atoms with van der Waals surface area (Å²) >= 11 is 0. The van der Waals surface area contributed by atoms with E-state index in [1.54, 1.807) is 5.57 Å². The Morgan fingerprint density at radius 2 is 1.91 bits per heavy atom. The Hall–Kier alpha value is -0.630. The number of carbonyl (C=O) groups is 1. The molecule has 0 aromatic rings. The molecule has 0 amide bonds. The molecule has 32 heavy (non-hydrogen) atoms. The molecule has 0 radical (unpaired) electrons. The first kappa shape index (κ1) is 24.5. The van der Waals surface area contributed by atoms with Crippen LogP contribution in [0.25, 0.3) is 0 Å². The number of ether oxygens (including phenoxy) is 1. The van der Waals surface area contributed by atoms with Crippen LogP contribution in [0, 0.1) is 40.4 Å². The van der Waals surface area contributed by atoms with Crippen molar-refractivity contribution in [2.75, 3.05) is 6.61 Å². The molecule has 0 heterocycles. The zero-order chi connectivity index (χ0) is 22.9. The normalized spacial score (nSPS) is 41.1. The Bertz CT molecular complexity index is 693. The summed E-state index contributed by atoms with van der Waals surface area (Å²) in [5.41, 5.74) is 2.65. The minimum Gasteiger partial charge on any atom is -0.370 e. The van der Waals surface area contributed by atoms with Gasteiger partial charge in [-0.25, -0.2) is 0 Å². The Labute approximate surface area is 198 Å². The molecule has 7 unspecified atom stereocenters. The molecular weight excluding hydrogens is 392 g/mol. The van der Waals surface area contributed by atoms with Crippen LogP contribution in [0.5, 0.6) is 0 Å². The highest BCUT2D eigenvalue weighted by Crippen LogP contribution is 2.66. The largest absolute Gasteiger partial charge is 0.370 e. The van der Waals surface area contributed by atoms with Crippen LogP contribution in [0.2, 0.25) is 0 Å². The van der Waals surface area contributed by atoms with Gasteiger partial charge in [-0.3, -0.25) is 4.79 Å². The van der Waals surface area contributed by atoms with Gasteiger partial charge < -0.3 is 4.74 Å². The fourth-order valence-electron chi connectivity index (χ4n) is 8.61. The predicted molar refractivity (Wildman–Crippen MR) is 134 cm³/mol. The monoisotopic (exact) mass is 442 g/mol. The van der Waals surface area contributed by atoms with Crippen LogP contribution in [0.4, 0.5) is 0 Å². The first-order valence-electron chi connectivity index (χ1n) is 14.1. The highest BCUT2D eigenvalue weighted by molar-refractivity contribution is 5.79. The lowest BCUT2D eigenvalue weighted by Crippen LogP contribution is -2.50. The lowest BCUT2D eigenvalue weighted by molar-refractivity contribution is -0.126. The number of hydrogen-bond acceptors (Lipinski definition) is 2. The maximum Gasteiger partial charge on any atom is 0.158 e. The third kappa shape index (κ3) is 4.64. The van der Waals surface area contributed by atoms with E-state index in [0.717, 1.165) is 42.4 Å². The second-order valence-corrected chi connectivity index (χ2v) is 12.8. The number of Topliss-reactive ketones (excluding diaryl/α,β-unsaturated/α-hetero) is 1. The molecule has 0 spiro atoms. The number of ketones is 1. The second-order valence-electron chi connectivity index (χ2n) is 12.8. The topological polar surface area (TPSA) is 26.3 Å². The second kappa shape index (κ2) is 9.93. The van der Waals surface area contributed by atoms with Crippen LogP contribution in [0.15, 0.2) is 11.6 Å². The van der Waals surface area contributed by atoms with E-state index in [1.807, 2.05) is 6.92 Å². The van der Waals surface area contributed by atoms with Crippen molar-refractivity contribution in [2.45, 2.75) is 124 Å². The van der Waals surface area contributed by atoms with Gasteiger partial charge >= 0.3 is 0 Å². The van der Waals surface area contributed by atoms with E-state index in [4.69, 9.17) is 4.74 Å². The number of fused-ring (bicyclic) bond motifs is 5. The molecular formula is C30H50O2. The molecule has 0 aromatic heterocycles. The Morgan fingerprint density at radius 3 is 2.66 bits per heavy atom.